The number of hydrogen-bond donors (Lipinski definition) is 4. The SMILES string of the molecule is C/N=C(\NC(=N)c1ccc(-c2cc(O)cc(F)c2)o1)SCC(=O)O. The fourth-order valence-electron chi connectivity index (χ4n) is 1.80. The minimum Gasteiger partial charge on any atom is -0.508 e. The standard InChI is InChI=1S/C15H14FN3O4S/c1-18-15(24-7-13(21)22)19-14(17)12-3-2-11(23-12)8-4-9(16)6-10(20)5-8/h2-6,20H,7H2,1H3,(H,21,22)(H2,17,18,19). The first-order valence-electron chi connectivity index (χ1n) is 6.66. The van der Waals surface area contributed by atoms with Gasteiger partial charge in [-0.2, -0.15) is 0 Å². The summed E-state index contributed by atoms with van der Waals surface area (Å²) in [6.45, 7) is 0. The van der Waals surface area contributed by atoms with Gasteiger partial charge in [0, 0.05) is 18.7 Å². The van der Waals surface area contributed by atoms with Gasteiger partial charge >= 0.3 is 5.97 Å². The highest BCUT2D eigenvalue weighted by Gasteiger charge is 2.13. The molecular weight excluding hydrogens is 337 g/mol. The molecule has 2 rings (SSSR count). The minimum absolute atomic E-state index is 0.125. The molecular formula is C15H14FN3O4S. The molecule has 0 saturated heterocycles. The van der Waals surface area contributed by atoms with Crippen molar-refractivity contribution in [2.75, 3.05) is 12.8 Å². The van der Waals surface area contributed by atoms with Crippen LogP contribution in [0.15, 0.2) is 39.7 Å². The quantitative estimate of drug-likeness (QED) is 0.496. The van der Waals surface area contributed by atoms with Gasteiger partial charge in [-0.15, -0.1) is 0 Å². The molecule has 0 saturated carbocycles. The van der Waals surface area contributed by atoms with Gasteiger partial charge in [0.05, 0.1) is 5.75 Å². The number of phenolic OH excluding ortho intramolecular Hbond substituents is 1. The highest BCUT2D eigenvalue weighted by molar-refractivity contribution is 8.14. The Morgan fingerprint density at radius 2 is 2.17 bits per heavy atom. The van der Waals surface area contributed by atoms with Gasteiger partial charge in [0.15, 0.2) is 16.8 Å². The summed E-state index contributed by atoms with van der Waals surface area (Å²) in [5.74, 6) is -1.73. The molecule has 1 heterocycles. The molecule has 0 aliphatic heterocycles. The Bertz CT molecular complexity index is 784. The Kier molecular flexibility index (Phi) is 5.59. The number of aliphatic imine (C=N–C) groups is 1. The maximum atomic E-state index is 13.3. The van der Waals surface area contributed by atoms with Crippen LogP contribution in [0.4, 0.5) is 4.39 Å². The van der Waals surface area contributed by atoms with Crippen LogP contribution in [0, 0.1) is 11.2 Å². The second-order valence-corrected chi connectivity index (χ2v) is 5.54. The van der Waals surface area contributed by atoms with Crippen molar-refractivity contribution < 1.29 is 23.8 Å². The van der Waals surface area contributed by atoms with Crippen LogP contribution in [0.5, 0.6) is 5.75 Å². The van der Waals surface area contributed by atoms with E-state index in [2.05, 4.69) is 10.3 Å². The summed E-state index contributed by atoms with van der Waals surface area (Å²) in [7, 11) is 1.47. The number of phenols is 1. The van der Waals surface area contributed by atoms with E-state index in [1.165, 1.54) is 31.3 Å². The number of benzene rings is 1. The van der Waals surface area contributed by atoms with Crippen molar-refractivity contribution in [1.82, 2.24) is 5.32 Å². The molecule has 126 valence electrons. The van der Waals surface area contributed by atoms with Gasteiger partial charge in [-0.3, -0.25) is 15.2 Å². The zero-order valence-corrected chi connectivity index (χ0v) is 13.4. The summed E-state index contributed by atoms with van der Waals surface area (Å²) in [5.41, 5.74) is 0.330. The third-order valence-corrected chi connectivity index (χ3v) is 3.74. The third kappa shape index (κ3) is 4.59. The summed E-state index contributed by atoms with van der Waals surface area (Å²) < 4.78 is 18.8. The number of carboxylic acids is 1. The van der Waals surface area contributed by atoms with Crippen LogP contribution in [0.2, 0.25) is 0 Å². The second kappa shape index (κ2) is 7.64. The van der Waals surface area contributed by atoms with Gasteiger partial charge < -0.3 is 19.9 Å². The van der Waals surface area contributed by atoms with Crippen molar-refractivity contribution in [2.24, 2.45) is 4.99 Å². The number of carbonyl (C=O) groups is 1. The number of furan rings is 1. The summed E-state index contributed by atoms with van der Waals surface area (Å²) in [5, 5.41) is 28.9. The van der Waals surface area contributed by atoms with Crippen molar-refractivity contribution in [3.05, 3.63) is 41.9 Å². The summed E-state index contributed by atoms with van der Waals surface area (Å²) in [4.78, 5) is 14.4. The van der Waals surface area contributed by atoms with Crippen LogP contribution in [-0.2, 0) is 4.79 Å². The predicted octanol–water partition coefficient (Wildman–Crippen LogP) is 2.51. The van der Waals surface area contributed by atoms with E-state index in [0.717, 1.165) is 17.8 Å². The summed E-state index contributed by atoms with van der Waals surface area (Å²) in [6.07, 6.45) is 0. The summed E-state index contributed by atoms with van der Waals surface area (Å²) >= 11 is 0.934. The van der Waals surface area contributed by atoms with Gasteiger partial charge in [0.25, 0.3) is 0 Å². The average Bonchev–Trinajstić information content (AvgIpc) is 3.00. The summed E-state index contributed by atoms with van der Waals surface area (Å²) in [6, 6.07) is 6.54. The van der Waals surface area contributed by atoms with Crippen LogP contribution in [0.1, 0.15) is 5.76 Å². The molecule has 0 spiro atoms. The zero-order chi connectivity index (χ0) is 17.7. The molecule has 0 unspecified atom stereocenters. The highest BCUT2D eigenvalue weighted by Crippen LogP contribution is 2.26. The van der Waals surface area contributed by atoms with Crippen molar-refractivity contribution in [3.8, 4) is 17.1 Å². The van der Waals surface area contributed by atoms with Crippen LogP contribution >= 0.6 is 11.8 Å². The van der Waals surface area contributed by atoms with Gasteiger partial charge in [-0.1, -0.05) is 11.8 Å². The van der Waals surface area contributed by atoms with E-state index in [0.29, 0.717) is 5.56 Å². The first kappa shape index (κ1) is 17.5. The molecule has 24 heavy (non-hydrogen) atoms. The lowest BCUT2D eigenvalue weighted by atomic mass is 10.1. The number of halogens is 1. The number of nitrogens with zero attached hydrogens (tertiary/aromatic N) is 1. The van der Waals surface area contributed by atoms with E-state index in [1.54, 1.807) is 0 Å². The van der Waals surface area contributed by atoms with Gasteiger partial charge in [-0.05, 0) is 24.3 Å². The fourth-order valence-corrected chi connectivity index (χ4v) is 2.36. The van der Waals surface area contributed by atoms with E-state index in [4.69, 9.17) is 14.9 Å². The maximum absolute atomic E-state index is 13.3. The van der Waals surface area contributed by atoms with Crippen LogP contribution in [0.25, 0.3) is 11.3 Å². The Balaban J connectivity index is 2.12. The molecule has 2 aromatic rings. The monoisotopic (exact) mass is 351 g/mol. The molecule has 0 fully saturated rings. The van der Waals surface area contributed by atoms with E-state index in [1.807, 2.05) is 0 Å². The normalized spacial score (nSPS) is 11.3. The van der Waals surface area contributed by atoms with Crippen molar-refractivity contribution >= 4 is 28.7 Å². The Morgan fingerprint density at radius 3 is 2.79 bits per heavy atom. The molecule has 0 atom stereocenters. The number of aliphatic carboxylic acids is 1. The number of amidine groups is 2. The average molecular weight is 351 g/mol. The molecule has 0 radical (unpaired) electrons. The van der Waals surface area contributed by atoms with Gasteiger partial charge in [0.1, 0.15) is 17.3 Å². The molecule has 1 aromatic heterocycles. The lowest BCUT2D eigenvalue weighted by Crippen LogP contribution is -2.28. The van der Waals surface area contributed by atoms with E-state index < -0.39 is 11.8 Å². The van der Waals surface area contributed by atoms with Crippen LogP contribution < -0.4 is 5.32 Å². The predicted molar refractivity (Wildman–Crippen MR) is 89.2 cm³/mol. The highest BCUT2D eigenvalue weighted by atomic mass is 32.2. The van der Waals surface area contributed by atoms with E-state index >= 15 is 0 Å². The molecule has 0 amide bonds. The lowest BCUT2D eigenvalue weighted by Gasteiger charge is -2.07. The maximum Gasteiger partial charge on any atom is 0.313 e. The number of hydrogen-bond acceptors (Lipinski definition) is 6. The Hall–Kier alpha value is -2.81. The first-order chi connectivity index (χ1) is 11.4. The Morgan fingerprint density at radius 1 is 1.42 bits per heavy atom. The topological polar surface area (TPSA) is 119 Å². The molecule has 7 nitrogen and oxygen atoms in total. The van der Waals surface area contributed by atoms with Gasteiger partial charge in [-0.25, -0.2) is 4.39 Å². The van der Waals surface area contributed by atoms with E-state index in [-0.39, 0.29) is 34.0 Å². The van der Waals surface area contributed by atoms with Crippen LogP contribution in [-0.4, -0.2) is 40.0 Å². The molecule has 1 aromatic carbocycles. The van der Waals surface area contributed by atoms with Crippen LogP contribution in [0.3, 0.4) is 0 Å². The molecule has 0 aliphatic rings. The van der Waals surface area contributed by atoms with Crippen molar-refractivity contribution in [3.63, 3.8) is 0 Å². The number of aromatic hydroxyl groups is 1. The largest absolute Gasteiger partial charge is 0.508 e. The number of carboxylic acid groups (broad SMARTS) is 1. The smallest absolute Gasteiger partial charge is 0.313 e. The van der Waals surface area contributed by atoms with Crippen molar-refractivity contribution in [2.45, 2.75) is 0 Å². The lowest BCUT2D eigenvalue weighted by molar-refractivity contribution is -0.133. The second-order valence-electron chi connectivity index (χ2n) is 4.57. The Labute approximate surface area is 140 Å². The first-order valence-corrected chi connectivity index (χ1v) is 7.64. The third-order valence-electron chi connectivity index (χ3n) is 2.79. The molecule has 0 aliphatic carbocycles. The minimum atomic E-state index is -0.999. The number of thioether (sulfide) groups is 1. The van der Waals surface area contributed by atoms with Gasteiger partial charge in [0.2, 0.25) is 0 Å². The molecule has 0 bridgehead atoms. The fraction of sp³-hybridized carbons (Fsp3) is 0.133. The number of rotatable bonds is 4. The number of nitrogens with one attached hydrogen (secondary N) is 2. The van der Waals surface area contributed by atoms with Crippen molar-refractivity contribution in [1.29, 1.82) is 5.41 Å². The molecule has 4 N–H and O–H groups in total. The zero-order valence-electron chi connectivity index (χ0n) is 12.5. The molecule has 9 heteroatoms. The van der Waals surface area contributed by atoms with E-state index in [9.17, 15) is 14.3 Å².